The molecular formula is C9H16IN. The van der Waals surface area contributed by atoms with Crippen LogP contribution in [-0.4, -0.2) is 28.0 Å². The Morgan fingerprint density at radius 2 is 2.00 bits per heavy atom. The van der Waals surface area contributed by atoms with Crippen molar-refractivity contribution in [2.45, 2.75) is 42.1 Å². The lowest BCUT2D eigenvalue weighted by Gasteiger charge is -2.41. The molecule has 2 fully saturated rings. The van der Waals surface area contributed by atoms with Gasteiger partial charge in [0.25, 0.3) is 0 Å². The summed E-state index contributed by atoms with van der Waals surface area (Å²) in [6.45, 7) is 2.75. The summed E-state index contributed by atoms with van der Waals surface area (Å²) in [6.07, 6.45) is 7.33. The highest BCUT2D eigenvalue weighted by molar-refractivity contribution is 14.1. The molecule has 0 aromatic rings. The minimum atomic E-state index is 0.932. The van der Waals surface area contributed by atoms with Crippen molar-refractivity contribution in [1.82, 2.24) is 4.90 Å². The minimum absolute atomic E-state index is 0.932. The first-order valence-corrected chi connectivity index (χ1v) is 5.99. The second-order valence-electron chi connectivity index (χ2n) is 3.82. The maximum absolute atomic E-state index is 2.71. The van der Waals surface area contributed by atoms with Gasteiger partial charge in [0.05, 0.1) is 0 Å². The molecule has 0 aromatic carbocycles. The summed E-state index contributed by atoms with van der Waals surface area (Å²) in [5.74, 6) is 0. The molecule has 1 nitrogen and oxygen atoms in total. The van der Waals surface area contributed by atoms with Gasteiger partial charge in [-0.1, -0.05) is 29.0 Å². The summed E-state index contributed by atoms with van der Waals surface area (Å²) in [4.78, 5) is 2.71. The van der Waals surface area contributed by atoms with Gasteiger partial charge in [-0.2, -0.15) is 0 Å². The van der Waals surface area contributed by atoms with Crippen LogP contribution in [0, 0.1) is 0 Å². The Kier molecular flexibility index (Phi) is 2.72. The van der Waals surface area contributed by atoms with Crippen molar-refractivity contribution >= 4 is 22.6 Å². The molecule has 2 heteroatoms. The van der Waals surface area contributed by atoms with E-state index in [-0.39, 0.29) is 0 Å². The highest BCUT2D eigenvalue weighted by Crippen LogP contribution is 2.28. The van der Waals surface area contributed by atoms with E-state index < -0.39 is 0 Å². The smallest absolute Gasteiger partial charge is 0.0238 e. The Bertz CT molecular complexity index is 138. The van der Waals surface area contributed by atoms with E-state index in [4.69, 9.17) is 0 Å². The summed E-state index contributed by atoms with van der Waals surface area (Å²) < 4.78 is 0.932. The number of piperidine rings is 2. The standard InChI is InChI=1S/C9H16IN/c10-8-4-5-9-3-1-2-6-11(9)7-8/h8-9H,1-7H2. The van der Waals surface area contributed by atoms with E-state index in [0.717, 1.165) is 9.97 Å². The van der Waals surface area contributed by atoms with Gasteiger partial charge in [-0.15, -0.1) is 0 Å². The number of fused-ring (bicyclic) bond motifs is 1. The van der Waals surface area contributed by atoms with Crippen LogP contribution in [0.3, 0.4) is 0 Å². The van der Waals surface area contributed by atoms with Gasteiger partial charge < -0.3 is 0 Å². The van der Waals surface area contributed by atoms with Crippen molar-refractivity contribution in [3.05, 3.63) is 0 Å². The van der Waals surface area contributed by atoms with Crippen LogP contribution in [-0.2, 0) is 0 Å². The molecule has 0 saturated carbocycles. The van der Waals surface area contributed by atoms with Crippen molar-refractivity contribution in [2.24, 2.45) is 0 Å². The summed E-state index contributed by atoms with van der Waals surface area (Å²) >= 11 is 2.60. The third kappa shape index (κ3) is 1.89. The molecule has 2 rings (SSSR count). The molecule has 0 spiro atoms. The van der Waals surface area contributed by atoms with Crippen LogP contribution in [0.2, 0.25) is 0 Å². The minimum Gasteiger partial charge on any atom is -0.299 e. The number of rotatable bonds is 0. The van der Waals surface area contributed by atoms with Crippen LogP contribution in [0.25, 0.3) is 0 Å². The third-order valence-electron chi connectivity index (χ3n) is 2.99. The van der Waals surface area contributed by atoms with E-state index in [1.165, 1.54) is 45.2 Å². The zero-order chi connectivity index (χ0) is 7.68. The van der Waals surface area contributed by atoms with Gasteiger partial charge >= 0.3 is 0 Å². The Morgan fingerprint density at radius 3 is 2.91 bits per heavy atom. The number of hydrogen-bond donors (Lipinski definition) is 0. The molecule has 11 heavy (non-hydrogen) atoms. The molecule has 0 N–H and O–H groups in total. The fraction of sp³-hybridized carbons (Fsp3) is 1.00. The lowest BCUT2D eigenvalue weighted by Crippen LogP contribution is -2.46. The van der Waals surface area contributed by atoms with Crippen molar-refractivity contribution in [1.29, 1.82) is 0 Å². The van der Waals surface area contributed by atoms with Crippen LogP contribution in [0.1, 0.15) is 32.1 Å². The molecule has 2 heterocycles. The number of halogens is 1. The van der Waals surface area contributed by atoms with Gasteiger partial charge in [0.15, 0.2) is 0 Å². The fourth-order valence-electron chi connectivity index (χ4n) is 2.35. The van der Waals surface area contributed by atoms with Gasteiger partial charge in [0.2, 0.25) is 0 Å². The number of alkyl halides is 1. The monoisotopic (exact) mass is 265 g/mol. The average molecular weight is 265 g/mol. The zero-order valence-electron chi connectivity index (χ0n) is 6.93. The summed E-state index contributed by atoms with van der Waals surface area (Å²) in [5.41, 5.74) is 0. The first kappa shape index (κ1) is 8.30. The Morgan fingerprint density at radius 1 is 1.09 bits per heavy atom. The molecular weight excluding hydrogens is 249 g/mol. The fourth-order valence-corrected chi connectivity index (χ4v) is 3.21. The van der Waals surface area contributed by atoms with Crippen LogP contribution in [0.5, 0.6) is 0 Å². The van der Waals surface area contributed by atoms with Crippen molar-refractivity contribution in [3.63, 3.8) is 0 Å². The SMILES string of the molecule is IC1CCC2CCCCN2C1. The van der Waals surface area contributed by atoms with Crippen LogP contribution >= 0.6 is 22.6 Å². The largest absolute Gasteiger partial charge is 0.299 e. The maximum atomic E-state index is 2.71. The van der Waals surface area contributed by atoms with E-state index in [0.29, 0.717) is 0 Å². The van der Waals surface area contributed by atoms with E-state index in [1.807, 2.05) is 0 Å². The Hall–Kier alpha value is 0.690. The quantitative estimate of drug-likeness (QED) is 0.480. The molecule has 2 saturated heterocycles. The van der Waals surface area contributed by atoms with Gasteiger partial charge in [-0.25, -0.2) is 0 Å². The highest BCUT2D eigenvalue weighted by Gasteiger charge is 2.28. The molecule has 0 radical (unpaired) electrons. The van der Waals surface area contributed by atoms with Gasteiger partial charge in [0.1, 0.15) is 0 Å². The molecule has 0 amide bonds. The molecule has 0 aliphatic carbocycles. The summed E-state index contributed by atoms with van der Waals surface area (Å²) in [7, 11) is 0. The molecule has 2 unspecified atom stereocenters. The summed E-state index contributed by atoms with van der Waals surface area (Å²) in [5, 5.41) is 0. The first-order valence-electron chi connectivity index (χ1n) is 4.74. The highest BCUT2D eigenvalue weighted by atomic mass is 127. The van der Waals surface area contributed by atoms with E-state index in [9.17, 15) is 0 Å². The molecule has 0 bridgehead atoms. The lowest BCUT2D eigenvalue weighted by molar-refractivity contribution is 0.115. The normalized spacial score (nSPS) is 40.1. The second-order valence-corrected chi connectivity index (χ2v) is 5.58. The predicted molar refractivity (Wildman–Crippen MR) is 56.3 cm³/mol. The molecule has 64 valence electrons. The van der Waals surface area contributed by atoms with Gasteiger partial charge in [0, 0.05) is 16.5 Å². The number of hydrogen-bond acceptors (Lipinski definition) is 1. The van der Waals surface area contributed by atoms with E-state index in [2.05, 4.69) is 27.5 Å². The topological polar surface area (TPSA) is 3.24 Å². The first-order chi connectivity index (χ1) is 5.36. The van der Waals surface area contributed by atoms with E-state index in [1.54, 1.807) is 0 Å². The Labute approximate surface area is 82.7 Å². The van der Waals surface area contributed by atoms with Gasteiger partial charge in [-0.05, 0) is 32.2 Å². The molecule has 0 aromatic heterocycles. The Balaban J connectivity index is 1.93. The van der Waals surface area contributed by atoms with Crippen molar-refractivity contribution < 1.29 is 0 Å². The third-order valence-corrected chi connectivity index (χ3v) is 4.01. The molecule has 2 aliphatic heterocycles. The summed E-state index contributed by atoms with van der Waals surface area (Å²) in [6, 6.07) is 0.967. The average Bonchev–Trinajstić information content (AvgIpc) is 2.04. The van der Waals surface area contributed by atoms with Crippen LogP contribution in [0.15, 0.2) is 0 Å². The van der Waals surface area contributed by atoms with Crippen molar-refractivity contribution in [2.75, 3.05) is 13.1 Å². The second kappa shape index (κ2) is 3.60. The molecule has 2 aliphatic rings. The van der Waals surface area contributed by atoms with Gasteiger partial charge in [-0.3, -0.25) is 4.90 Å². The van der Waals surface area contributed by atoms with Crippen LogP contribution in [0.4, 0.5) is 0 Å². The predicted octanol–water partition coefficient (Wildman–Crippen LogP) is 2.44. The van der Waals surface area contributed by atoms with Crippen LogP contribution < -0.4 is 0 Å². The van der Waals surface area contributed by atoms with E-state index >= 15 is 0 Å². The maximum Gasteiger partial charge on any atom is 0.0238 e. The number of nitrogens with zero attached hydrogens (tertiary/aromatic N) is 1. The zero-order valence-corrected chi connectivity index (χ0v) is 9.09. The van der Waals surface area contributed by atoms with Crippen molar-refractivity contribution in [3.8, 4) is 0 Å². The lowest BCUT2D eigenvalue weighted by atomic mass is 9.93. The molecule has 2 atom stereocenters.